The Morgan fingerprint density at radius 2 is 1.97 bits per heavy atom. The van der Waals surface area contributed by atoms with E-state index in [4.69, 9.17) is 4.52 Å². The third kappa shape index (κ3) is 5.24. The summed E-state index contributed by atoms with van der Waals surface area (Å²) in [7, 11) is 1.63. The number of nitrogens with one attached hydrogen (secondary N) is 1. The van der Waals surface area contributed by atoms with E-state index in [1.165, 1.54) is 17.6 Å². The van der Waals surface area contributed by atoms with Crippen molar-refractivity contribution in [2.24, 2.45) is 0 Å². The molecule has 0 bridgehead atoms. The molecule has 0 saturated heterocycles. The van der Waals surface area contributed by atoms with E-state index in [1.807, 2.05) is 18.4 Å². The van der Waals surface area contributed by atoms with Crippen molar-refractivity contribution in [1.82, 2.24) is 19.9 Å². The van der Waals surface area contributed by atoms with Crippen LogP contribution < -0.4 is 10.7 Å². The summed E-state index contributed by atoms with van der Waals surface area (Å²) in [6.45, 7) is 4.35. The van der Waals surface area contributed by atoms with E-state index in [0.717, 1.165) is 38.5 Å². The normalized spacial score (nSPS) is 15.5. The molecule has 31 heavy (non-hydrogen) atoms. The van der Waals surface area contributed by atoms with Gasteiger partial charge in [-0.2, -0.15) is 0 Å². The van der Waals surface area contributed by atoms with Crippen LogP contribution in [0.1, 0.15) is 97.3 Å². The predicted molar refractivity (Wildman–Crippen MR) is 117 cm³/mol. The number of hydrogen-bond donors (Lipinski definition) is 1. The zero-order valence-corrected chi connectivity index (χ0v) is 18.6. The first-order valence-corrected chi connectivity index (χ1v) is 11.2. The molecule has 8 heteroatoms. The van der Waals surface area contributed by atoms with Gasteiger partial charge in [-0.05, 0) is 26.2 Å². The van der Waals surface area contributed by atoms with E-state index in [0.29, 0.717) is 12.2 Å². The van der Waals surface area contributed by atoms with E-state index < -0.39 is 17.2 Å². The van der Waals surface area contributed by atoms with Crippen LogP contribution in [0.5, 0.6) is 0 Å². The Bertz CT molecular complexity index is 945. The maximum atomic E-state index is 13.3. The minimum absolute atomic E-state index is 0.00607. The molecule has 168 valence electrons. The Hall–Kier alpha value is -2.90. The van der Waals surface area contributed by atoms with E-state index in [1.54, 1.807) is 25.5 Å². The molecule has 0 radical (unpaired) electrons. The first kappa shape index (κ1) is 22.8. The summed E-state index contributed by atoms with van der Waals surface area (Å²) in [4.78, 5) is 40.7. The topological polar surface area (TPSA) is 97.4 Å². The smallest absolute Gasteiger partial charge is 0.259 e. The van der Waals surface area contributed by atoms with Crippen molar-refractivity contribution < 1.29 is 14.1 Å². The fourth-order valence-electron chi connectivity index (χ4n) is 3.98. The average Bonchev–Trinajstić information content (AvgIpc) is 3.33. The molecular weight excluding hydrogens is 396 g/mol. The summed E-state index contributed by atoms with van der Waals surface area (Å²) >= 11 is 0. The lowest BCUT2D eigenvalue weighted by Gasteiger charge is -2.27. The SMILES string of the molecule is CCCCNC(=O)c1cn(C2CCCCC2)cc(C(=O)N(C)C(C)c2ccon2)c1=O. The van der Waals surface area contributed by atoms with Crippen molar-refractivity contribution in [2.45, 2.75) is 70.9 Å². The maximum Gasteiger partial charge on any atom is 0.259 e. The second kappa shape index (κ2) is 10.4. The van der Waals surface area contributed by atoms with E-state index in [-0.39, 0.29) is 23.2 Å². The number of carbonyl (C=O) groups excluding carboxylic acids is 2. The second-order valence-corrected chi connectivity index (χ2v) is 8.28. The highest BCUT2D eigenvalue weighted by Gasteiger charge is 2.27. The van der Waals surface area contributed by atoms with Crippen molar-refractivity contribution >= 4 is 11.8 Å². The number of unbranched alkanes of at least 4 members (excludes halogenated alkanes) is 1. The second-order valence-electron chi connectivity index (χ2n) is 8.28. The molecule has 1 saturated carbocycles. The molecular formula is C23H32N4O4. The summed E-state index contributed by atoms with van der Waals surface area (Å²) in [6.07, 6.45) is 11.8. The molecule has 1 aliphatic rings. The van der Waals surface area contributed by atoms with Crippen LogP contribution in [-0.2, 0) is 0 Å². The minimum Gasteiger partial charge on any atom is -0.364 e. The van der Waals surface area contributed by atoms with Crippen LogP contribution in [0.3, 0.4) is 0 Å². The molecule has 2 aromatic heterocycles. The van der Waals surface area contributed by atoms with Crippen molar-refractivity contribution in [1.29, 1.82) is 0 Å². The van der Waals surface area contributed by atoms with Gasteiger partial charge in [0.2, 0.25) is 5.43 Å². The Balaban J connectivity index is 1.96. The maximum absolute atomic E-state index is 13.3. The zero-order chi connectivity index (χ0) is 22.4. The van der Waals surface area contributed by atoms with Crippen LogP contribution in [0.15, 0.2) is 34.0 Å². The van der Waals surface area contributed by atoms with Gasteiger partial charge < -0.3 is 19.3 Å². The molecule has 1 aliphatic carbocycles. The third-order valence-electron chi connectivity index (χ3n) is 6.12. The highest BCUT2D eigenvalue weighted by molar-refractivity contribution is 5.99. The monoisotopic (exact) mass is 428 g/mol. The van der Waals surface area contributed by atoms with Gasteiger partial charge in [-0.3, -0.25) is 14.4 Å². The molecule has 2 aromatic rings. The lowest BCUT2D eigenvalue weighted by molar-refractivity contribution is 0.0735. The highest BCUT2D eigenvalue weighted by Crippen LogP contribution is 2.28. The fraction of sp³-hybridized carbons (Fsp3) is 0.565. The average molecular weight is 429 g/mol. The quantitative estimate of drug-likeness (QED) is 0.647. The van der Waals surface area contributed by atoms with Gasteiger partial charge in [-0.1, -0.05) is 37.8 Å². The van der Waals surface area contributed by atoms with E-state index in [2.05, 4.69) is 10.5 Å². The molecule has 0 aromatic carbocycles. The minimum atomic E-state index is -0.537. The molecule has 1 atom stereocenters. The Kier molecular flexibility index (Phi) is 7.65. The van der Waals surface area contributed by atoms with Crippen molar-refractivity contribution in [3.05, 3.63) is 51.8 Å². The van der Waals surface area contributed by atoms with Crippen LogP contribution in [0.4, 0.5) is 0 Å². The molecule has 2 amide bonds. The number of pyridine rings is 1. The van der Waals surface area contributed by atoms with Crippen LogP contribution in [0.25, 0.3) is 0 Å². The van der Waals surface area contributed by atoms with Gasteiger partial charge in [-0.25, -0.2) is 0 Å². The van der Waals surface area contributed by atoms with E-state index in [9.17, 15) is 14.4 Å². The van der Waals surface area contributed by atoms with Crippen molar-refractivity contribution in [3.63, 3.8) is 0 Å². The van der Waals surface area contributed by atoms with Crippen molar-refractivity contribution in [2.75, 3.05) is 13.6 Å². The van der Waals surface area contributed by atoms with Gasteiger partial charge in [-0.15, -0.1) is 0 Å². The zero-order valence-electron chi connectivity index (χ0n) is 18.6. The van der Waals surface area contributed by atoms with Gasteiger partial charge in [0.05, 0.1) is 6.04 Å². The lowest BCUT2D eigenvalue weighted by Crippen LogP contribution is -2.38. The first-order chi connectivity index (χ1) is 14.9. The Labute approximate surface area is 182 Å². The molecule has 0 spiro atoms. The van der Waals surface area contributed by atoms with Crippen LogP contribution in [0, 0.1) is 0 Å². The standard InChI is InChI=1S/C23H32N4O4/c1-4-5-12-24-22(29)18-14-27(17-9-7-6-8-10-17)15-19(21(18)28)23(30)26(3)16(2)20-11-13-31-25-20/h11,13-17H,4-10,12H2,1-3H3,(H,24,29). The molecule has 0 aliphatic heterocycles. The van der Waals surface area contributed by atoms with Crippen molar-refractivity contribution in [3.8, 4) is 0 Å². The molecule has 1 N–H and O–H groups in total. The first-order valence-electron chi connectivity index (χ1n) is 11.2. The third-order valence-corrected chi connectivity index (χ3v) is 6.12. The summed E-state index contributed by atoms with van der Waals surface area (Å²) < 4.78 is 6.78. The Morgan fingerprint density at radius 1 is 1.26 bits per heavy atom. The lowest BCUT2D eigenvalue weighted by atomic mass is 9.95. The number of rotatable bonds is 8. The van der Waals surface area contributed by atoms with Crippen LogP contribution in [-0.4, -0.2) is 40.0 Å². The Morgan fingerprint density at radius 3 is 2.61 bits per heavy atom. The van der Waals surface area contributed by atoms with E-state index >= 15 is 0 Å². The van der Waals surface area contributed by atoms with Gasteiger partial charge >= 0.3 is 0 Å². The summed E-state index contributed by atoms with van der Waals surface area (Å²) in [6, 6.07) is 1.49. The van der Waals surface area contributed by atoms with Gasteiger partial charge in [0, 0.05) is 38.1 Å². The largest absolute Gasteiger partial charge is 0.364 e. The molecule has 1 fully saturated rings. The molecule has 1 unspecified atom stereocenters. The molecule has 2 heterocycles. The highest BCUT2D eigenvalue weighted by atomic mass is 16.5. The van der Waals surface area contributed by atoms with Gasteiger partial charge in [0.25, 0.3) is 11.8 Å². The van der Waals surface area contributed by atoms with Gasteiger partial charge in [0.15, 0.2) is 0 Å². The molecule has 8 nitrogen and oxygen atoms in total. The number of nitrogens with zero attached hydrogens (tertiary/aromatic N) is 3. The van der Waals surface area contributed by atoms with Crippen LogP contribution >= 0.6 is 0 Å². The fourth-order valence-corrected chi connectivity index (χ4v) is 3.98. The predicted octanol–water partition coefficient (Wildman–Crippen LogP) is 3.70. The summed E-state index contributed by atoms with van der Waals surface area (Å²) in [5, 5.41) is 6.71. The number of aromatic nitrogens is 2. The summed E-state index contributed by atoms with van der Waals surface area (Å²) in [5.74, 6) is -0.863. The number of carbonyl (C=O) groups is 2. The number of hydrogen-bond acceptors (Lipinski definition) is 5. The van der Waals surface area contributed by atoms with Gasteiger partial charge in [0.1, 0.15) is 23.1 Å². The molecule has 3 rings (SSSR count). The summed E-state index contributed by atoms with van der Waals surface area (Å²) in [5.41, 5.74) is 0.0868. The number of amides is 2. The van der Waals surface area contributed by atoms with Crippen LogP contribution in [0.2, 0.25) is 0 Å².